The first-order valence-corrected chi connectivity index (χ1v) is 5.10. The van der Waals surface area contributed by atoms with E-state index in [2.05, 4.69) is 20.7 Å². The van der Waals surface area contributed by atoms with E-state index >= 15 is 0 Å². The van der Waals surface area contributed by atoms with Crippen LogP contribution < -0.4 is 16.6 Å². The predicted molar refractivity (Wildman–Crippen MR) is 61.1 cm³/mol. The van der Waals surface area contributed by atoms with Crippen LogP contribution in [0.4, 0.5) is 20.4 Å². The summed E-state index contributed by atoms with van der Waals surface area (Å²) in [6, 6.07) is 1.43. The summed E-state index contributed by atoms with van der Waals surface area (Å²) >= 11 is 0. The molecular formula is C9H15F2N5O2. The van der Waals surface area contributed by atoms with Crippen molar-refractivity contribution in [3.63, 3.8) is 0 Å². The van der Waals surface area contributed by atoms with Crippen molar-refractivity contribution < 1.29 is 18.6 Å². The Bertz CT molecular complexity index is 380. The third kappa shape index (κ3) is 4.35. The van der Waals surface area contributed by atoms with Crippen LogP contribution in [0.2, 0.25) is 0 Å². The number of halogens is 2. The highest BCUT2D eigenvalue weighted by atomic mass is 19.3. The van der Waals surface area contributed by atoms with Gasteiger partial charge in [0.15, 0.2) is 5.82 Å². The molecule has 7 nitrogen and oxygen atoms in total. The first-order valence-electron chi connectivity index (χ1n) is 5.10. The van der Waals surface area contributed by atoms with E-state index in [0.717, 1.165) is 0 Å². The van der Waals surface area contributed by atoms with Crippen molar-refractivity contribution >= 4 is 11.6 Å². The van der Waals surface area contributed by atoms with Crippen LogP contribution in [0.5, 0.6) is 0 Å². The van der Waals surface area contributed by atoms with E-state index in [-0.39, 0.29) is 19.0 Å². The van der Waals surface area contributed by atoms with Crippen LogP contribution in [0.3, 0.4) is 0 Å². The summed E-state index contributed by atoms with van der Waals surface area (Å²) in [5.41, 5.74) is 2.32. The maximum Gasteiger partial charge on any atom is 0.265 e. The second-order valence-electron chi connectivity index (χ2n) is 3.41. The number of alkyl halides is 2. The van der Waals surface area contributed by atoms with Gasteiger partial charge in [0.25, 0.3) is 6.43 Å². The molecule has 9 heteroatoms. The molecule has 0 amide bonds. The number of hydrazine groups is 1. The number of hydrogen-bond acceptors (Lipinski definition) is 7. The maximum atomic E-state index is 12.1. The zero-order chi connectivity index (χ0) is 13.5. The minimum atomic E-state index is -2.81. The summed E-state index contributed by atoms with van der Waals surface area (Å²) in [5, 5.41) is 11.5. The third-order valence-electron chi connectivity index (χ3n) is 1.98. The van der Waals surface area contributed by atoms with Gasteiger partial charge in [-0.2, -0.15) is 0 Å². The Kier molecular flexibility index (Phi) is 5.62. The first-order chi connectivity index (χ1) is 8.56. The number of methoxy groups -OCH3 is 1. The normalized spacial score (nSPS) is 12.6. The summed E-state index contributed by atoms with van der Waals surface area (Å²) in [7, 11) is 1.47. The average molecular weight is 263 g/mol. The molecule has 0 aliphatic carbocycles. The van der Waals surface area contributed by atoms with Crippen LogP contribution in [0.25, 0.3) is 0 Å². The predicted octanol–water partition coefficient (Wildman–Crippen LogP) is -0.0535. The molecule has 0 spiro atoms. The van der Waals surface area contributed by atoms with Crippen molar-refractivity contribution in [3.05, 3.63) is 11.9 Å². The van der Waals surface area contributed by atoms with Gasteiger partial charge in [0, 0.05) is 19.7 Å². The quantitative estimate of drug-likeness (QED) is 0.403. The van der Waals surface area contributed by atoms with Crippen molar-refractivity contribution in [1.29, 1.82) is 0 Å². The van der Waals surface area contributed by atoms with Crippen LogP contribution in [0.15, 0.2) is 6.07 Å². The van der Waals surface area contributed by atoms with Crippen molar-refractivity contribution in [1.82, 2.24) is 9.97 Å². The molecule has 5 N–H and O–H groups in total. The number of nitrogens with zero attached hydrogens (tertiary/aromatic N) is 2. The molecule has 1 unspecified atom stereocenters. The van der Waals surface area contributed by atoms with Gasteiger partial charge < -0.3 is 20.6 Å². The van der Waals surface area contributed by atoms with Gasteiger partial charge in [-0.1, -0.05) is 0 Å². The molecule has 0 saturated carbocycles. The van der Waals surface area contributed by atoms with E-state index in [1.807, 2.05) is 0 Å². The smallest absolute Gasteiger partial charge is 0.265 e. The van der Waals surface area contributed by atoms with E-state index in [1.54, 1.807) is 0 Å². The number of hydrogen-bond donors (Lipinski definition) is 4. The molecule has 0 aliphatic rings. The molecule has 102 valence electrons. The Hall–Kier alpha value is -1.58. The molecule has 0 bridgehead atoms. The minimum Gasteiger partial charge on any atom is -0.385 e. The van der Waals surface area contributed by atoms with Crippen LogP contribution in [-0.4, -0.2) is 41.3 Å². The SMILES string of the molecule is COCc1nc(NN)cc(NCC(O)C(F)F)n1. The van der Waals surface area contributed by atoms with Crippen molar-refractivity contribution in [3.8, 4) is 0 Å². The van der Waals surface area contributed by atoms with Gasteiger partial charge in [0.05, 0.1) is 0 Å². The summed E-state index contributed by atoms with van der Waals surface area (Å²) in [5.74, 6) is 6.12. The molecule has 1 rings (SSSR count). The van der Waals surface area contributed by atoms with Gasteiger partial charge in [0.2, 0.25) is 0 Å². The second kappa shape index (κ2) is 6.99. The van der Waals surface area contributed by atoms with Crippen LogP contribution in [0, 0.1) is 0 Å². The topological polar surface area (TPSA) is 105 Å². The number of nitrogens with two attached hydrogens (primary N) is 1. The number of ether oxygens (including phenoxy) is 1. The Morgan fingerprint density at radius 3 is 2.67 bits per heavy atom. The number of aromatic nitrogens is 2. The number of nitrogen functional groups attached to an aromatic ring is 1. The van der Waals surface area contributed by atoms with Crippen LogP contribution in [0.1, 0.15) is 5.82 Å². The van der Waals surface area contributed by atoms with Crippen LogP contribution >= 0.6 is 0 Å². The minimum absolute atomic E-state index is 0.154. The second-order valence-corrected chi connectivity index (χ2v) is 3.41. The number of rotatable bonds is 7. The highest BCUT2D eigenvalue weighted by Gasteiger charge is 2.16. The molecule has 0 radical (unpaired) electrons. The molecule has 1 atom stereocenters. The molecule has 0 aromatic carbocycles. The summed E-state index contributed by atoms with van der Waals surface area (Å²) in [6.45, 7) is -0.174. The van der Waals surface area contributed by atoms with Crippen molar-refractivity contribution in [2.75, 3.05) is 24.4 Å². The lowest BCUT2D eigenvalue weighted by Gasteiger charge is -2.12. The number of nitrogens with one attached hydrogen (secondary N) is 2. The fourth-order valence-electron chi connectivity index (χ4n) is 1.15. The Morgan fingerprint density at radius 2 is 2.11 bits per heavy atom. The Morgan fingerprint density at radius 1 is 1.44 bits per heavy atom. The lowest BCUT2D eigenvalue weighted by molar-refractivity contribution is 0.00380. The van der Waals surface area contributed by atoms with Gasteiger partial charge in [-0.15, -0.1) is 0 Å². The monoisotopic (exact) mass is 263 g/mol. The zero-order valence-electron chi connectivity index (χ0n) is 9.73. The summed E-state index contributed by atoms with van der Waals surface area (Å²) in [4.78, 5) is 7.98. The maximum absolute atomic E-state index is 12.1. The molecule has 0 aliphatic heterocycles. The number of aliphatic hydroxyl groups excluding tert-OH is 1. The van der Waals surface area contributed by atoms with Gasteiger partial charge >= 0.3 is 0 Å². The van der Waals surface area contributed by atoms with Gasteiger partial charge in [-0.3, -0.25) is 0 Å². The molecule has 0 fully saturated rings. The Labute approximate surface area is 102 Å². The van der Waals surface area contributed by atoms with E-state index in [1.165, 1.54) is 13.2 Å². The molecule has 1 heterocycles. The van der Waals surface area contributed by atoms with E-state index in [0.29, 0.717) is 11.6 Å². The summed E-state index contributed by atoms with van der Waals surface area (Å²) < 4.78 is 29.1. The fraction of sp³-hybridized carbons (Fsp3) is 0.556. The van der Waals surface area contributed by atoms with E-state index in [9.17, 15) is 8.78 Å². The Balaban J connectivity index is 2.71. The highest BCUT2D eigenvalue weighted by molar-refractivity contribution is 5.46. The van der Waals surface area contributed by atoms with Crippen molar-refractivity contribution in [2.45, 2.75) is 19.1 Å². The molecule has 1 aromatic heterocycles. The lowest BCUT2D eigenvalue weighted by Crippen LogP contribution is -2.27. The fourth-order valence-corrected chi connectivity index (χ4v) is 1.15. The summed E-state index contributed by atoms with van der Waals surface area (Å²) in [6.07, 6.45) is -4.58. The standard InChI is InChI=1S/C9H15F2N5O2/c1-18-4-8-14-6(2-7(15-8)16-12)13-3-5(17)9(10)11/h2,5,9,17H,3-4,12H2,1H3,(H2,13,14,15,16). The molecule has 0 saturated heterocycles. The average Bonchev–Trinajstić information content (AvgIpc) is 2.35. The third-order valence-corrected chi connectivity index (χ3v) is 1.98. The van der Waals surface area contributed by atoms with Gasteiger partial charge in [-0.25, -0.2) is 24.6 Å². The molecular weight excluding hydrogens is 248 g/mol. The van der Waals surface area contributed by atoms with Crippen LogP contribution in [-0.2, 0) is 11.3 Å². The first kappa shape index (κ1) is 14.5. The van der Waals surface area contributed by atoms with Crippen molar-refractivity contribution in [2.24, 2.45) is 5.84 Å². The number of anilines is 2. The van der Waals surface area contributed by atoms with Gasteiger partial charge in [-0.05, 0) is 0 Å². The molecule has 1 aromatic rings. The van der Waals surface area contributed by atoms with E-state index in [4.69, 9.17) is 15.7 Å². The largest absolute Gasteiger partial charge is 0.385 e. The zero-order valence-corrected chi connectivity index (χ0v) is 9.73. The lowest BCUT2D eigenvalue weighted by atomic mass is 10.3. The number of aliphatic hydroxyl groups is 1. The van der Waals surface area contributed by atoms with E-state index < -0.39 is 12.5 Å². The van der Waals surface area contributed by atoms with Gasteiger partial charge in [0.1, 0.15) is 24.3 Å². The molecule has 18 heavy (non-hydrogen) atoms. The highest BCUT2D eigenvalue weighted by Crippen LogP contribution is 2.11.